The molecule has 2 N–H and O–H groups in total. The molecule has 6 heteroatoms. The van der Waals surface area contributed by atoms with E-state index in [1.807, 2.05) is 19.1 Å². The van der Waals surface area contributed by atoms with Gasteiger partial charge in [-0.15, -0.1) is 0 Å². The quantitative estimate of drug-likeness (QED) is 0.339. The summed E-state index contributed by atoms with van der Waals surface area (Å²) < 4.78 is 10.9. The van der Waals surface area contributed by atoms with Crippen LogP contribution in [0.3, 0.4) is 0 Å². The molecule has 0 amide bonds. The number of fused-ring (bicyclic) bond motifs is 1. The molecular formula is C20H24O6. The first-order valence-corrected chi connectivity index (χ1v) is 8.26. The molecule has 1 aromatic heterocycles. The van der Waals surface area contributed by atoms with E-state index in [4.69, 9.17) is 14.4 Å². The Bertz CT molecular complexity index is 875. The van der Waals surface area contributed by atoms with Crippen LogP contribution in [-0.4, -0.2) is 28.7 Å². The Morgan fingerprint density at radius 3 is 2.81 bits per heavy atom. The van der Waals surface area contributed by atoms with Crippen molar-refractivity contribution in [3.8, 4) is 5.75 Å². The second-order valence-corrected chi connectivity index (χ2v) is 6.64. The van der Waals surface area contributed by atoms with Crippen LogP contribution >= 0.6 is 0 Å². The summed E-state index contributed by atoms with van der Waals surface area (Å²) >= 11 is 0. The molecule has 0 aliphatic carbocycles. The summed E-state index contributed by atoms with van der Waals surface area (Å²) in [5, 5.41) is 19.6. The molecule has 0 saturated carbocycles. The second-order valence-electron chi connectivity index (χ2n) is 6.64. The lowest BCUT2D eigenvalue weighted by molar-refractivity contribution is -0.297. The average molecular weight is 360 g/mol. The Kier molecular flexibility index (Phi) is 6.37. The van der Waals surface area contributed by atoms with Crippen LogP contribution in [0.1, 0.15) is 26.3 Å². The molecule has 0 fully saturated rings. The van der Waals surface area contributed by atoms with Crippen LogP contribution in [0.15, 0.2) is 57.3 Å². The molecule has 0 unspecified atom stereocenters. The van der Waals surface area contributed by atoms with Crippen LogP contribution in [-0.2, 0) is 4.89 Å². The summed E-state index contributed by atoms with van der Waals surface area (Å²) in [6.45, 7) is 7.17. The summed E-state index contributed by atoms with van der Waals surface area (Å²) in [6.07, 6.45) is 3.97. The minimum atomic E-state index is -0.883. The molecule has 140 valence electrons. The normalized spacial score (nSPS) is 14.2. The lowest BCUT2D eigenvalue weighted by atomic mass is 10.1. The highest BCUT2D eigenvalue weighted by Gasteiger charge is 2.14. The Balaban J connectivity index is 2.13. The smallest absolute Gasteiger partial charge is 0.339 e. The highest BCUT2D eigenvalue weighted by atomic mass is 17.1. The summed E-state index contributed by atoms with van der Waals surface area (Å²) in [7, 11) is 0. The van der Waals surface area contributed by atoms with Crippen LogP contribution in [0.25, 0.3) is 11.0 Å². The molecule has 6 nitrogen and oxygen atoms in total. The van der Waals surface area contributed by atoms with Gasteiger partial charge in [-0.05, 0) is 51.0 Å². The van der Waals surface area contributed by atoms with Crippen molar-refractivity contribution in [3.05, 3.63) is 64.1 Å². The lowest BCUT2D eigenvalue weighted by Gasteiger charge is -2.16. The summed E-state index contributed by atoms with van der Waals surface area (Å²) in [5.74, 6) is 0.443. The van der Waals surface area contributed by atoms with E-state index in [1.165, 1.54) is 12.1 Å². The van der Waals surface area contributed by atoms with Crippen LogP contribution < -0.4 is 10.4 Å². The van der Waals surface area contributed by atoms with Crippen LogP contribution in [0.5, 0.6) is 5.75 Å². The van der Waals surface area contributed by atoms with Gasteiger partial charge in [0, 0.05) is 0 Å². The molecule has 1 aromatic carbocycles. The van der Waals surface area contributed by atoms with Crippen molar-refractivity contribution in [2.24, 2.45) is 0 Å². The van der Waals surface area contributed by atoms with Crippen molar-refractivity contribution in [1.29, 1.82) is 0 Å². The van der Waals surface area contributed by atoms with Crippen LogP contribution in [0.2, 0.25) is 0 Å². The van der Waals surface area contributed by atoms with Crippen molar-refractivity contribution in [1.82, 2.24) is 0 Å². The molecule has 2 aromatic rings. The fraction of sp³-hybridized carbons (Fsp3) is 0.350. The topological polar surface area (TPSA) is 89.1 Å². The van der Waals surface area contributed by atoms with Crippen molar-refractivity contribution >= 4 is 11.0 Å². The first-order valence-electron chi connectivity index (χ1n) is 8.26. The minimum Gasteiger partial charge on any atom is -0.488 e. The average Bonchev–Trinajstić information content (AvgIpc) is 2.59. The Hall–Kier alpha value is -2.41. The number of rotatable bonds is 7. The molecule has 0 radical (unpaired) electrons. The number of hydrogen-bond donors (Lipinski definition) is 2. The van der Waals surface area contributed by atoms with Crippen molar-refractivity contribution in [3.63, 3.8) is 0 Å². The van der Waals surface area contributed by atoms with Gasteiger partial charge in [0.05, 0.1) is 17.6 Å². The maximum absolute atomic E-state index is 11.7. The van der Waals surface area contributed by atoms with Crippen LogP contribution in [0, 0.1) is 6.92 Å². The fourth-order valence-electron chi connectivity index (χ4n) is 2.36. The zero-order valence-corrected chi connectivity index (χ0v) is 15.4. The molecule has 2 rings (SSSR count). The fourth-order valence-corrected chi connectivity index (χ4v) is 2.36. The summed E-state index contributed by atoms with van der Waals surface area (Å²) in [5.41, 5.74) is 0.720. The minimum absolute atomic E-state index is 0.184. The number of ether oxygens (including phenoxy) is 1. The van der Waals surface area contributed by atoms with E-state index < -0.39 is 17.3 Å². The molecular weight excluding hydrogens is 336 g/mol. The molecule has 0 aliphatic heterocycles. The van der Waals surface area contributed by atoms with Crippen molar-refractivity contribution < 1.29 is 24.4 Å². The molecule has 0 bridgehead atoms. The molecule has 1 heterocycles. The molecule has 0 aliphatic rings. The van der Waals surface area contributed by atoms with Gasteiger partial charge in [-0.2, -0.15) is 0 Å². The maximum Gasteiger partial charge on any atom is 0.339 e. The Morgan fingerprint density at radius 2 is 2.12 bits per heavy atom. The zero-order chi connectivity index (χ0) is 19.3. The molecule has 1 atom stereocenters. The zero-order valence-electron chi connectivity index (χ0n) is 15.4. The Morgan fingerprint density at radius 1 is 1.38 bits per heavy atom. The number of benzene rings is 1. The number of aryl methyl sites for hydroxylation is 1. The van der Waals surface area contributed by atoms with E-state index in [0.717, 1.165) is 10.9 Å². The largest absolute Gasteiger partial charge is 0.488 e. The predicted molar refractivity (Wildman–Crippen MR) is 99.4 cm³/mol. The third-order valence-corrected chi connectivity index (χ3v) is 3.97. The Labute approximate surface area is 151 Å². The van der Waals surface area contributed by atoms with E-state index >= 15 is 0 Å². The highest BCUT2D eigenvalue weighted by Crippen LogP contribution is 2.27. The molecule has 0 saturated heterocycles. The van der Waals surface area contributed by atoms with Gasteiger partial charge in [0.15, 0.2) is 0 Å². The van der Waals surface area contributed by atoms with Gasteiger partial charge in [-0.25, -0.2) is 9.68 Å². The van der Waals surface area contributed by atoms with E-state index in [-0.39, 0.29) is 6.61 Å². The SMILES string of the molecule is C/C(=C\COc1cc(=O)oc2cccc(C)c12)[C@H](O)/C=C/C(C)(C)OO. The first-order chi connectivity index (χ1) is 12.2. The van der Waals surface area contributed by atoms with E-state index in [1.54, 1.807) is 39.0 Å². The number of hydrogen-bond acceptors (Lipinski definition) is 6. The molecule has 26 heavy (non-hydrogen) atoms. The first kappa shape index (κ1) is 19.9. The second kappa shape index (κ2) is 8.31. The van der Waals surface area contributed by atoms with Gasteiger partial charge in [0.2, 0.25) is 0 Å². The van der Waals surface area contributed by atoms with Gasteiger partial charge in [0.25, 0.3) is 0 Å². The van der Waals surface area contributed by atoms with E-state index in [2.05, 4.69) is 4.89 Å². The van der Waals surface area contributed by atoms with Crippen molar-refractivity contribution in [2.75, 3.05) is 6.61 Å². The number of aliphatic hydroxyl groups excluding tert-OH is 1. The third kappa shape index (κ3) is 5.05. The number of aliphatic hydroxyl groups is 1. The summed E-state index contributed by atoms with van der Waals surface area (Å²) in [4.78, 5) is 16.0. The van der Waals surface area contributed by atoms with Gasteiger partial charge in [-0.1, -0.05) is 24.3 Å². The summed E-state index contributed by atoms with van der Waals surface area (Å²) in [6, 6.07) is 6.76. The predicted octanol–water partition coefficient (Wildman–Crippen LogP) is 3.61. The third-order valence-electron chi connectivity index (χ3n) is 3.97. The van der Waals surface area contributed by atoms with Crippen LogP contribution in [0.4, 0.5) is 0 Å². The van der Waals surface area contributed by atoms with Crippen molar-refractivity contribution in [2.45, 2.75) is 39.4 Å². The van der Waals surface area contributed by atoms with Gasteiger partial charge in [0.1, 0.15) is 23.5 Å². The van der Waals surface area contributed by atoms with Gasteiger partial charge < -0.3 is 14.3 Å². The van der Waals surface area contributed by atoms with E-state index in [9.17, 15) is 9.90 Å². The highest BCUT2D eigenvalue weighted by molar-refractivity contribution is 5.86. The standard InChI is InChI=1S/C20H24O6/c1-13(15(21)8-10-20(3,4)26-23)9-11-24-17-12-18(22)25-16-7-5-6-14(2)19(16)17/h5-10,12,15,21,23H,11H2,1-4H3/b10-8+,13-9+/t15-/m1/s1. The lowest BCUT2D eigenvalue weighted by Crippen LogP contribution is -2.20. The monoisotopic (exact) mass is 360 g/mol. The van der Waals surface area contributed by atoms with E-state index in [0.29, 0.717) is 16.9 Å². The van der Waals surface area contributed by atoms with Gasteiger partial charge in [-0.3, -0.25) is 5.26 Å². The maximum atomic E-state index is 11.7. The van der Waals surface area contributed by atoms with Gasteiger partial charge >= 0.3 is 5.63 Å². The molecule has 0 spiro atoms.